The Morgan fingerprint density at radius 2 is 2.04 bits per heavy atom. The number of carbonyl (C=O) groups excluding carboxylic acids is 1. The molecule has 0 fully saturated rings. The lowest BCUT2D eigenvalue weighted by atomic mass is 10.2. The summed E-state index contributed by atoms with van der Waals surface area (Å²) >= 11 is 0. The standard InChI is InChI=1S/C19H19N3O3/c1-13-7-8-17(25-2)16(11-13)21-18(23)9-10-22-12-20-15-6-4-3-5-14(15)19(22)24/h3-8,11-12H,9-10H2,1-2H3,(H,21,23). The van der Waals surface area contributed by atoms with Gasteiger partial charge in [-0.1, -0.05) is 18.2 Å². The number of para-hydroxylation sites is 1. The topological polar surface area (TPSA) is 73.2 Å². The number of amides is 1. The number of aryl methyl sites for hydroxylation is 2. The molecular formula is C19H19N3O3. The van der Waals surface area contributed by atoms with Gasteiger partial charge < -0.3 is 10.1 Å². The van der Waals surface area contributed by atoms with E-state index in [1.807, 2.05) is 31.2 Å². The Bertz CT molecular complexity index is 979. The van der Waals surface area contributed by atoms with Crippen LogP contribution in [0.15, 0.2) is 53.6 Å². The van der Waals surface area contributed by atoms with Gasteiger partial charge in [-0.15, -0.1) is 0 Å². The number of ether oxygens (including phenoxy) is 1. The van der Waals surface area contributed by atoms with Gasteiger partial charge in [0.2, 0.25) is 5.91 Å². The highest BCUT2D eigenvalue weighted by Crippen LogP contribution is 2.25. The second-order valence-electron chi connectivity index (χ2n) is 5.76. The van der Waals surface area contributed by atoms with Crippen molar-refractivity contribution in [2.24, 2.45) is 0 Å². The van der Waals surface area contributed by atoms with Gasteiger partial charge in [0.25, 0.3) is 5.56 Å². The number of methoxy groups -OCH3 is 1. The van der Waals surface area contributed by atoms with Crippen LogP contribution >= 0.6 is 0 Å². The van der Waals surface area contributed by atoms with E-state index in [2.05, 4.69) is 10.3 Å². The third-order valence-corrected chi connectivity index (χ3v) is 3.94. The summed E-state index contributed by atoms with van der Waals surface area (Å²) in [6, 6.07) is 12.7. The van der Waals surface area contributed by atoms with Gasteiger partial charge in [0.05, 0.1) is 30.0 Å². The molecule has 0 aliphatic heterocycles. The van der Waals surface area contributed by atoms with Crippen LogP contribution in [-0.2, 0) is 11.3 Å². The predicted molar refractivity (Wildman–Crippen MR) is 97.0 cm³/mol. The molecule has 0 saturated heterocycles. The number of carbonyl (C=O) groups is 1. The Balaban J connectivity index is 1.72. The largest absolute Gasteiger partial charge is 0.495 e. The highest BCUT2D eigenvalue weighted by Gasteiger charge is 2.09. The number of anilines is 1. The van der Waals surface area contributed by atoms with E-state index in [-0.39, 0.29) is 24.4 Å². The average Bonchev–Trinajstić information content (AvgIpc) is 2.61. The molecule has 2 aromatic carbocycles. The maximum absolute atomic E-state index is 12.4. The molecule has 6 heteroatoms. The molecule has 0 aliphatic carbocycles. The number of hydrogen-bond donors (Lipinski definition) is 1. The second-order valence-corrected chi connectivity index (χ2v) is 5.76. The van der Waals surface area contributed by atoms with E-state index in [4.69, 9.17) is 4.74 Å². The minimum absolute atomic E-state index is 0.147. The van der Waals surface area contributed by atoms with Crippen molar-refractivity contribution in [3.8, 4) is 5.75 Å². The van der Waals surface area contributed by atoms with Gasteiger partial charge in [0.15, 0.2) is 0 Å². The summed E-state index contributed by atoms with van der Waals surface area (Å²) in [5.41, 5.74) is 2.15. The monoisotopic (exact) mass is 337 g/mol. The Morgan fingerprint density at radius 1 is 1.24 bits per heavy atom. The summed E-state index contributed by atoms with van der Waals surface area (Å²) in [4.78, 5) is 28.9. The van der Waals surface area contributed by atoms with Crippen LogP contribution < -0.4 is 15.6 Å². The van der Waals surface area contributed by atoms with Crippen molar-refractivity contribution in [3.63, 3.8) is 0 Å². The van der Waals surface area contributed by atoms with Gasteiger partial charge in [-0.05, 0) is 36.8 Å². The Labute approximate surface area is 145 Å². The SMILES string of the molecule is COc1ccc(C)cc1NC(=O)CCn1cnc2ccccc2c1=O. The van der Waals surface area contributed by atoms with Crippen LogP contribution in [0.4, 0.5) is 5.69 Å². The Hall–Kier alpha value is -3.15. The van der Waals surface area contributed by atoms with Crippen molar-refractivity contribution < 1.29 is 9.53 Å². The zero-order valence-electron chi connectivity index (χ0n) is 14.2. The molecule has 0 spiro atoms. The number of rotatable bonds is 5. The van der Waals surface area contributed by atoms with Crippen molar-refractivity contribution >= 4 is 22.5 Å². The highest BCUT2D eigenvalue weighted by atomic mass is 16.5. The lowest BCUT2D eigenvalue weighted by Crippen LogP contribution is -2.23. The summed E-state index contributed by atoms with van der Waals surface area (Å²) < 4.78 is 6.71. The third-order valence-electron chi connectivity index (χ3n) is 3.94. The molecule has 25 heavy (non-hydrogen) atoms. The zero-order chi connectivity index (χ0) is 17.8. The molecule has 3 aromatic rings. The molecule has 1 heterocycles. The van der Waals surface area contributed by atoms with E-state index in [9.17, 15) is 9.59 Å². The number of hydrogen-bond acceptors (Lipinski definition) is 4. The van der Waals surface area contributed by atoms with E-state index < -0.39 is 0 Å². The van der Waals surface area contributed by atoms with E-state index in [0.29, 0.717) is 22.3 Å². The summed E-state index contributed by atoms with van der Waals surface area (Å²) in [6.45, 7) is 2.20. The molecule has 0 atom stereocenters. The summed E-state index contributed by atoms with van der Waals surface area (Å²) in [5, 5.41) is 3.38. The van der Waals surface area contributed by atoms with Crippen molar-refractivity contribution in [2.75, 3.05) is 12.4 Å². The maximum atomic E-state index is 12.4. The fourth-order valence-electron chi connectivity index (χ4n) is 2.62. The van der Waals surface area contributed by atoms with Crippen LogP contribution in [0, 0.1) is 6.92 Å². The van der Waals surface area contributed by atoms with Crippen molar-refractivity contribution in [3.05, 3.63) is 64.7 Å². The number of nitrogens with one attached hydrogen (secondary N) is 1. The quantitative estimate of drug-likeness (QED) is 0.777. The fourth-order valence-corrected chi connectivity index (χ4v) is 2.62. The summed E-state index contributed by atoms with van der Waals surface area (Å²) in [5.74, 6) is 0.410. The van der Waals surface area contributed by atoms with Crippen molar-refractivity contribution in [1.29, 1.82) is 0 Å². The average molecular weight is 337 g/mol. The zero-order valence-corrected chi connectivity index (χ0v) is 14.2. The molecular weight excluding hydrogens is 318 g/mol. The van der Waals surface area contributed by atoms with E-state index in [1.54, 1.807) is 25.3 Å². The number of aromatic nitrogens is 2. The highest BCUT2D eigenvalue weighted by molar-refractivity contribution is 5.92. The van der Waals surface area contributed by atoms with E-state index in [0.717, 1.165) is 5.56 Å². The van der Waals surface area contributed by atoms with Crippen LogP contribution in [0.5, 0.6) is 5.75 Å². The Morgan fingerprint density at radius 3 is 2.84 bits per heavy atom. The molecule has 1 N–H and O–H groups in total. The molecule has 128 valence electrons. The molecule has 6 nitrogen and oxygen atoms in total. The minimum atomic E-state index is -0.191. The normalized spacial score (nSPS) is 10.6. The number of benzene rings is 2. The molecule has 1 amide bonds. The third kappa shape index (κ3) is 3.68. The van der Waals surface area contributed by atoms with Gasteiger partial charge in [-0.3, -0.25) is 14.2 Å². The van der Waals surface area contributed by atoms with E-state index in [1.165, 1.54) is 10.9 Å². The van der Waals surface area contributed by atoms with Crippen LogP contribution in [-0.4, -0.2) is 22.6 Å². The fraction of sp³-hybridized carbons (Fsp3) is 0.211. The molecule has 1 aromatic heterocycles. The lowest BCUT2D eigenvalue weighted by molar-refractivity contribution is -0.116. The Kier molecular flexibility index (Phi) is 4.79. The first kappa shape index (κ1) is 16.7. The smallest absolute Gasteiger partial charge is 0.261 e. The lowest BCUT2D eigenvalue weighted by Gasteiger charge is -2.11. The number of nitrogens with zero attached hydrogens (tertiary/aromatic N) is 2. The van der Waals surface area contributed by atoms with E-state index >= 15 is 0 Å². The first-order valence-corrected chi connectivity index (χ1v) is 7.97. The molecule has 0 bridgehead atoms. The molecule has 3 rings (SSSR count). The first-order valence-electron chi connectivity index (χ1n) is 7.97. The van der Waals surface area contributed by atoms with Crippen molar-refractivity contribution in [1.82, 2.24) is 9.55 Å². The molecule has 0 aliphatic rings. The predicted octanol–water partition coefficient (Wildman–Crippen LogP) is 2.74. The van der Waals surface area contributed by atoms with Gasteiger partial charge in [-0.2, -0.15) is 0 Å². The summed E-state index contributed by atoms with van der Waals surface area (Å²) in [7, 11) is 1.56. The van der Waals surface area contributed by atoms with Crippen molar-refractivity contribution in [2.45, 2.75) is 19.9 Å². The van der Waals surface area contributed by atoms with Crippen LogP contribution in [0.25, 0.3) is 10.9 Å². The summed E-state index contributed by atoms with van der Waals surface area (Å²) in [6.07, 6.45) is 1.64. The number of fused-ring (bicyclic) bond motifs is 1. The van der Waals surface area contributed by atoms with Crippen LogP contribution in [0.1, 0.15) is 12.0 Å². The second kappa shape index (κ2) is 7.17. The minimum Gasteiger partial charge on any atom is -0.495 e. The molecule has 0 unspecified atom stereocenters. The molecule has 0 radical (unpaired) electrons. The van der Waals surface area contributed by atoms with Crippen LogP contribution in [0.3, 0.4) is 0 Å². The van der Waals surface area contributed by atoms with Gasteiger partial charge in [0, 0.05) is 13.0 Å². The molecule has 0 saturated carbocycles. The van der Waals surface area contributed by atoms with Crippen LogP contribution in [0.2, 0.25) is 0 Å². The maximum Gasteiger partial charge on any atom is 0.261 e. The van der Waals surface area contributed by atoms with Gasteiger partial charge in [0.1, 0.15) is 5.75 Å². The first-order chi connectivity index (χ1) is 12.1. The van der Waals surface area contributed by atoms with Gasteiger partial charge >= 0.3 is 0 Å². The van der Waals surface area contributed by atoms with Gasteiger partial charge in [-0.25, -0.2) is 4.98 Å².